The first-order valence-corrected chi connectivity index (χ1v) is 10.1. The first-order valence-electron chi connectivity index (χ1n) is 10.1. The van der Waals surface area contributed by atoms with Crippen LogP contribution in [0.5, 0.6) is 0 Å². The van der Waals surface area contributed by atoms with E-state index in [9.17, 15) is 19.6 Å². The minimum atomic E-state index is -0.586. The van der Waals surface area contributed by atoms with Gasteiger partial charge in [-0.1, -0.05) is 23.8 Å². The van der Waals surface area contributed by atoms with Gasteiger partial charge in [-0.3, -0.25) is 9.78 Å². The molecule has 0 spiro atoms. The Bertz CT molecular complexity index is 1570. The summed E-state index contributed by atoms with van der Waals surface area (Å²) >= 11 is 0. The molecule has 0 unspecified atom stereocenters. The monoisotopic (exact) mass is 638 g/mol. The van der Waals surface area contributed by atoms with Crippen LogP contribution in [0.25, 0.3) is 22.4 Å². The fourth-order valence-electron chi connectivity index (χ4n) is 3.66. The van der Waals surface area contributed by atoms with Gasteiger partial charge in [0.2, 0.25) is 5.78 Å². The molecular formula is C27H13N3O4Pt. The smallest absolute Gasteiger partial charge is 0.466 e. The normalized spacial score (nSPS) is 11.5. The van der Waals surface area contributed by atoms with Gasteiger partial charge in [-0.25, -0.2) is 9.78 Å². The third kappa shape index (κ3) is 4.44. The molecule has 3 heterocycles. The second kappa shape index (κ2) is 9.53. The zero-order chi connectivity index (χ0) is 23.8. The van der Waals surface area contributed by atoms with Crippen LogP contribution in [0.15, 0.2) is 60.7 Å². The summed E-state index contributed by atoms with van der Waals surface area (Å²) in [6.07, 6.45) is 0. The van der Waals surface area contributed by atoms with E-state index in [2.05, 4.69) is 22.1 Å². The molecule has 170 valence electrons. The number of nitrogens with zero attached hydrogens (tertiary/aromatic N) is 3. The van der Waals surface area contributed by atoms with Gasteiger partial charge in [-0.15, -0.1) is 29.8 Å². The average molecular weight is 638 g/mol. The molecule has 2 aromatic carbocycles. The number of ether oxygens (including phenoxy) is 1. The van der Waals surface area contributed by atoms with E-state index >= 15 is 0 Å². The zero-order valence-electron chi connectivity index (χ0n) is 18.1. The molecule has 2 aromatic heterocycles. The first kappa shape index (κ1) is 23.9. The number of carbonyl (C=O) groups excluding carboxylic acids is 3. The van der Waals surface area contributed by atoms with Crippen LogP contribution in [0.4, 0.5) is 0 Å². The number of rotatable bonds is 1. The summed E-state index contributed by atoms with van der Waals surface area (Å²) in [6, 6.07) is 23.7. The van der Waals surface area contributed by atoms with Crippen LogP contribution in [-0.2, 0) is 25.8 Å². The minimum absolute atomic E-state index is 0. The van der Waals surface area contributed by atoms with Crippen molar-refractivity contribution in [2.75, 3.05) is 7.11 Å². The topological polar surface area (TPSA) is 110 Å². The molecule has 1 aliphatic rings. The summed E-state index contributed by atoms with van der Waals surface area (Å²) in [5.74, 6) is -1.55. The van der Waals surface area contributed by atoms with Crippen LogP contribution in [0.3, 0.4) is 0 Å². The summed E-state index contributed by atoms with van der Waals surface area (Å²) < 4.78 is 4.89. The van der Waals surface area contributed by atoms with Gasteiger partial charge in [-0.05, 0) is 29.3 Å². The maximum absolute atomic E-state index is 13.2. The molecule has 0 fully saturated rings. The number of aromatic nitrogens is 2. The van der Waals surface area contributed by atoms with Crippen molar-refractivity contribution in [2.24, 2.45) is 0 Å². The summed E-state index contributed by atoms with van der Waals surface area (Å²) in [6.45, 7) is 0. The Morgan fingerprint density at radius 2 is 1.31 bits per heavy atom. The predicted molar refractivity (Wildman–Crippen MR) is 120 cm³/mol. The number of ketones is 2. The van der Waals surface area contributed by atoms with Crippen LogP contribution in [0.1, 0.15) is 48.2 Å². The van der Waals surface area contributed by atoms with E-state index < -0.39 is 17.5 Å². The minimum Gasteiger partial charge on any atom is -0.466 e. The third-order valence-corrected chi connectivity index (χ3v) is 5.30. The summed E-state index contributed by atoms with van der Waals surface area (Å²) in [4.78, 5) is 47.4. The van der Waals surface area contributed by atoms with E-state index in [0.29, 0.717) is 22.4 Å². The van der Waals surface area contributed by atoms with Gasteiger partial charge in [0.15, 0.2) is 0 Å². The fourth-order valence-corrected chi connectivity index (χ4v) is 3.66. The molecule has 0 radical (unpaired) electrons. The van der Waals surface area contributed by atoms with Crippen molar-refractivity contribution >= 4 is 17.5 Å². The van der Waals surface area contributed by atoms with Gasteiger partial charge >= 0.3 is 27.0 Å². The summed E-state index contributed by atoms with van der Waals surface area (Å²) in [7, 11) is 1.27. The van der Waals surface area contributed by atoms with Crippen molar-refractivity contribution in [2.45, 2.75) is 0 Å². The second-order valence-corrected chi connectivity index (χ2v) is 7.47. The number of fused-ring (bicyclic) bond motifs is 10. The number of pyridine rings is 2. The Morgan fingerprint density at radius 1 is 0.800 bits per heavy atom. The summed E-state index contributed by atoms with van der Waals surface area (Å²) in [5.41, 5.74) is 2.36. The Kier molecular flexibility index (Phi) is 6.50. The zero-order valence-corrected chi connectivity index (χ0v) is 20.3. The van der Waals surface area contributed by atoms with Crippen LogP contribution in [0, 0.1) is 23.5 Å². The number of hydrogen-bond donors (Lipinski definition) is 0. The van der Waals surface area contributed by atoms with E-state index in [4.69, 9.17) is 4.74 Å². The maximum Gasteiger partial charge on any atom is 2.00 e. The molecule has 8 heteroatoms. The molecule has 7 nitrogen and oxygen atoms in total. The van der Waals surface area contributed by atoms with Gasteiger partial charge in [0.1, 0.15) is 17.2 Å². The van der Waals surface area contributed by atoms with Crippen LogP contribution < -0.4 is 0 Å². The van der Waals surface area contributed by atoms with E-state index in [-0.39, 0.29) is 54.8 Å². The van der Waals surface area contributed by atoms with E-state index in [0.717, 1.165) is 0 Å². The van der Waals surface area contributed by atoms with E-state index in [1.54, 1.807) is 36.4 Å². The van der Waals surface area contributed by atoms with Gasteiger partial charge in [0.25, 0.3) is 0 Å². The van der Waals surface area contributed by atoms with Crippen molar-refractivity contribution in [3.05, 3.63) is 107 Å². The van der Waals surface area contributed by atoms with Gasteiger partial charge in [0.05, 0.1) is 18.9 Å². The van der Waals surface area contributed by atoms with Gasteiger partial charge in [-0.2, -0.15) is 28.5 Å². The van der Waals surface area contributed by atoms with Crippen molar-refractivity contribution in [1.82, 2.24) is 9.97 Å². The predicted octanol–water partition coefficient (Wildman–Crippen LogP) is 3.84. The molecule has 35 heavy (non-hydrogen) atoms. The number of methoxy groups -OCH3 is 1. The van der Waals surface area contributed by atoms with Crippen LogP contribution in [0.2, 0.25) is 0 Å². The molecule has 0 saturated heterocycles. The van der Waals surface area contributed by atoms with Crippen molar-refractivity contribution in [3.63, 3.8) is 0 Å². The molecule has 1 aliphatic heterocycles. The number of carbonyl (C=O) groups is 3. The molecule has 0 N–H and O–H groups in total. The number of nitriles is 1. The number of hydrogen-bond acceptors (Lipinski definition) is 7. The largest absolute Gasteiger partial charge is 2.00 e. The SMILES string of the molecule is COC(=O)c1cc2[c-]c(c1)-c1cccc(n1)C(=O)c1cccc(n1)C(=O)c1[c-]c-2cc(C#N)c1.[Pt+2]. The Hall–Kier alpha value is -4.27. The van der Waals surface area contributed by atoms with E-state index in [1.807, 2.05) is 6.07 Å². The van der Waals surface area contributed by atoms with Crippen molar-refractivity contribution in [3.8, 4) is 28.5 Å². The molecule has 8 bridgehead atoms. The molecule has 0 saturated carbocycles. The Balaban J connectivity index is 0.00000289. The van der Waals surface area contributed by atoms with E-state index in [1.165, 1.54) is 31.4 Å². The fraction of sp³-hybridized carbons (Fsp3) is 0.0370. The third-order valence-electron chi connectivity index (χ3n) is 5.30. The van der Waals surface area contributed by atoms with Crippen LogP contribution >= 0.6 is 0 Å². The van der Waals surface area contributed by atoms with Gasteiger partial charge in [0, 0.05) is 5.69 Å². The van der Waals surface area contributed by atoms with Crippen molar-refractivity contribution in [1.29, 1.82) is 5.26 Å². The van der Waals surface area contributed by atoms with Crippen molar-refractivity contribution < 1.29 is 40.2 Å². The van der Waals surface area contributed by atoms with Gasteiger partial charge < -0.3 is 9.53 Å². The quantitative estimate of drug-likeness (QED) is 0.203. The first-order chi connectivity index (χ1) is 16.5. The Labute approximate surface area is 214 Å². The number of esters is 1. The molecule has 4 aromatic rings. The molecule has 5 rings (SSSR count). The number of benzene rings is 2. The molecule has 0 amide bonds. The molecular weight excluding hydrogens is 625 g/mol. The maximum atomic E-state index is 13.2. The molecule has 0 aliphatic carbocycles. The molecule has 0 atom stereocenters. The summed E-state index contributed by atoms with van der Waals surface area (Å²) in [5, 5.41) is 9.56. The van der Waals surface area contributed by atoms with Crippen LogP contribution in [-0.4, -0.2) is 34.6 Å². The second-order valence-electron chi connectivity index (χ2n) is 7.47. The average Bonchev–Trinajstić information content (AvgIpc) is 2.90. The standard InChI is InChI=1S/C27H13N3O4.Pt/c1-34-27(33)20-12-17-10-18(13-20)21-4-2-6-23(29-21)26(32)24-7-3-5-22(30-24)25(31)19-9-15(14-28)8-16(17)11-19;/h2-9,12-13H,1H3;/q-2;+2. The Morgan fingerprint density at radius 3 is 1.97 bits per heavy atom.